The number of nitrogens with one attached hydrogen (secondary N) is 1. The molecular formula is C24H22N4O. The second kappa shape index (κ2) is 8.10. The molecule has 1 heterocycles. The van der Waals surface area contributed by atoms with Gasteiger partial charge in [0.1, 0.15) is 0 Å². The van der Waals surface area contributed by atoms with E-state index in [1.54, 1.807) is 6.21 Å². The van der Waals surface area contributed by atoms with Gasteiger partial charge in [-0.15, -0.1) is 0 Å². The maximum absolute atomic E-state index is 12.4. The average Bonchev–Trinajstić information content (AvgIpc) is 3.05. The summed E-state index contributed by atoms with van der Waals surface area (Å²) in [5, 5.41) is 10.8. The Hall–Kier alpha value is -3.73. The van der Waals surface area contributed by atoms with Gasteiger partial charge in [0.15, 0.2) is 0 Å². The summed E-state index contributed by atoms with van der Waals surface area (Å²) >= 11 is 0. The molecule has 0 aliphatic carbocycles. The maximum atomic E-state index is 12.4. The number of hydrogen-bond acceptors (Lipinski definition) is 3. The van der Waals surface area contributed by atoms with Crippen LogP contribution in [0.1, 0.15) is 32.9 Å². The Kier molecular flexibility index (Phi) is 5.20. The topological polar surface area (TPSA) is 59.3 Å². The Morgan fingerprint density at radius 3 is 2.55 bits per heavy atom. The third-order valence-electron chi connectivity index (χ3n) is 4.84. The van der Waals surface area contributed by atoms with Gasteiger partial charge in [-0.1, -0.05) is 54.6 Å². The van der Waals surface area contributed by atoms with Crippen LogP contribution in [0.25, 0.3) is 10.8 Å². The first-order chi connectivity index (χ1) is 14.1. The van der Waals surface area contributed by atoms with Crippen molar-refractivity contribution >= 4 is 22.9 Å². The molecule has 0 saturated carbocycles. The fourth-order valence-electron chi connectivity index (χ4n) is 3.36. The van der Waals surface area contributed by atoms with Gasteiger partial charge in [0.2, 0.25) is 0 Å². The highest BCUT2D eigenvalue weighted by Crippen LogP contribution is 2.16. The van der Waals surface area contributed by atoms with Crippen LogP contribution >= 0.6 is 0 Å². The molecule has 0 fully saturated rings. The highest BCUT2D eigenvalue weighted by Gasteiger charge is 2.06. The number of nitrogens with zero attached hydrogens (tertiary/aromatic N) is 3. The summed E-state index contributed by atoms with van der Waals surface area (Å²) in [6, 6.07) is 23.7. The van der Waals surface area contributed by atoms with Gasteiger partial charge in [-0.2, -0.15) is 10.2 Å². The lowest BCUT2D eigenvalue weighted by molar-refractivity contribution is 0.0955. The molecule has 0 aliphatic rings. The molecule has 1 aromatic heterocycles. The zero-order chi connectivity index (χ0) is 20.2. The number of fused-ring (bicyclic) bond motifs is 1. The summed E-state index contributed by atoms with van der Waals surface area (Å²) in [5.41, 5.74) is 7.35. The molecule has 0 unspecified atom stereocenters. The zero-order valence-corrected chi connectivity index (χ0v) is 16.5. The van der Waals surface area contributed by atoms with Gasteiger partial charge >= 0.3 is 0 Å². The molecule has 1 amide bonds. The Morgan fingerprint density at radius 1 is 1.03 bits per heavy atom. The van der Waals surface area contributed by atoms with Crippen molar-refractivity contribution in [2.45, 2.75) is 20.4 Å². The predicted molar refractivity (Wildman–Crippen MR) is 116 cm³/mol. The summed E-state index contributed by atoms with van der Waals surface area (Å²) in [5.74, 6) is -0.237. The monoisotopic (exact) mass is 382 g/mol. The number of benzene rings is 3. The van der Waals surface area contributed by atoms with Crippen LogP contribution < -0.4 is 5.43 Å². The van der Waals surface area contributed by atoms with E-state index in [1.807, 2.05) is 73.1 Å². The Labute approximate surface area is 169 Å². The molecule has 0 spiro atoms. The van der Waals surface area contributed by atoms with E-state index in [-0.39, 0.29) is 5.91 Å². The zero-order valence-electron chi connectivity index (χ0n) is 16.5. The second-order valence-corrected chi connectivity index (χ2v) is 7.05. The normalized spacial score (nSPS) is 11.2. The fraction of sp³-hybridized carbons (Fsp3) is 0.125. The van der Waals surface area contributed by atoms with Gasteiger partial charge in [-0.25, -0.2) is 5.43 Å². The third-order valence-corrected chi connectivity index (χ3v) is 4.84. The Bertz CT molecular complexity index is 1180. The lowest BCUT2D eigenvalue weighted by atomic mass is 10.1. The minimum absolute atomic E-state index is 0.237. The molecule has 3 aromatic carbocycles. The van der Waals surface area contributed by atoms with Gasteiger partial charge in [-0.3, -0.25) is 9.48 Å². The van der Waals surface area contributed by atoms with E-state index in [0.29, 0.717) is 12.1 Å². The van der Waals surface area contributed by atoms with E-state index < -0.39 is 0 Å². The molecule has 0 bridgehead atoms. The van der Waals surface area contributed by atoms with Crippen molar-refractivity contribution < 1.29 is 4.79 Å². The number of hydrazone groups is 1. The first-order valence-electron chi connectivity index (χ1n) is 9.51. The highest BCUT2D eigenvalue weighted by atomic mass is 16.2. The molecule has 5 nitrogen and oxygen atoms in total. The highest BCUT2D eigenvalue weighted by molar-refractivity contribution is 6.00. The Morgan fingerprint density at radius 2 is 1.79 bits per heavy atom. The van der Waals surface area contributed by atoms with Crippen LogP contribution in [0.5, 0.6) is 0 Å². The average molecular weight is 382 g/mol. The second-order valence-electron chi connectivity index (χ2n) is 7.05. The third kappa shape index (κ3) is 4.24. The number of amides is 1. The van der Waals surface area contributed by atoms with Crippen LogP contribution in [-0.2, 0) is 6.54 Å². The number of carbonyl (C=O) groups is 1. The molecule has 0 radical (unpaired) electrons. The molecule has 0 saturated heterocycles. The van der Waals surface area contributed by atoms with Crippen molar-refractivity contribution in [2.24, 2.45) is 5.10 Å². The van der Waals surface area contributed by atoms with E-state index >= 15 is 0 Å². The molecule has 4 aromatic rings. The first-order valence-corrected chi connectivity index (χ1v) is 9.51. The number of rotatable bonds is 5. The van der Waals surface area contributed by atoms with Crippen LogP contribution in [0.4, 0.5) is 0 Å². The van der Waals surface area contributed by atoms with Crippen molar-refractivity contribution in [1.29, 1.82) is 0 Å². The minimum atomic E-state index is -0.237. The number of aryl methyl sites for hydroxylation is 2. The van der Waals surface area contributed by atoms with Crippen LogP contribution in [0.3, 0.4) is 0 Å². The summed E-state index contributed by atoms with van der Waals surface area (Å²) < 4.78 is 1.96. The van der Waals surface area contributed by atoms with Crippen LogP contribution in [0.15, 0.2) is 77.9 Å². The van der Waals surface area contributed by atoms with Crippen molar-refractivity contribution in [3.05, 3.63) is 101 Å². The number of aromatic nitrogens is 2. The van der Waals surface area contributed by atoms with Gasteiger partial charge in [0.25, 0.3) is 5.91 Å². The Balaban J connectivity index is 1.42. The van der Waals surface area contributed by atoms with Gasteiger partial charge in [0, 0.05) is 16.8 Å². The molecule has 29 heavy (non-hydrogen) atoms. The molecule has 4 rings (SSSR count). The lowest BCUT2D eigenvalue weighted by Crippen LogP contribution is -2.17. The van der Waals surface area contributed by atoms with Gasteiger partial charge in [0.05, 0.1) is 18.5 Å². The van der Waals surface area contributed by atoms with E-state index in [0.717, 1.165) is 33.3 Å². The van der Waals surface area contributed by atoms with Crippen LogP contribution in [-0.4, -0.2) is 21.9 Å². The van der Waals surface area contributed by atoms with Crippen molar-refractivity contribution in [3.8, 4) is 0 Å². The summed E-state index contributed by atoms with van der Waals surface area (Å²) in [7, 11) is 0. The number of carbonyl (C=O) groups excluding carboxylic acids is 1. The van der Waals surface area contributed by atoms with Crippen LogP contribution in [0.2, 0.25) is 0 Å². The van der Waals surface area contributed by atoms with E-state index in [2.05, 4.69) is 33.8 Å². The van der Waals surface area contributed by atoms with Crippen molar-refractivity contribution in [2.75, 3.05) is 0 Å². The molecule has 0 aliphatic heterocycles. The lowest BCUT2D eigenvalue weighted by Gasteiger charge is -2.06. The predicted octanol–water partition coefficient (Wildman–Crippen LogP) is 4.47. The first kappa shape index (κ1) is 18.6. The summed E-state index contributed by atoms with van der Waals surface area (Å²) in [6.07, 6.45) is 1.68. The van der Waals surface area contributed by atoms with Gasteiger partial charge < -0.3 is 0 Å². The van der Waals surface area contributed by atoms with Crippen LogP contribution in [0, 0.1) is 13.8 Å². The summed E-state index contributed by atoms with van der Waals surface area (Å²) in [6.45, 7) is 4.70. The van der Waals surface area contributed by atoms with E-state index in [9.17, 15) is 4.79 Å². The molecule has 144 valence electrons. The fourth-order valence-corrected chi connectivity index (χ4v) is 3.36. The summed E-state index contributed by atoms with van der Waals surface area (Å²) in [4.78, 5) is 12.4. The molecule has 5 heteroatoms. The molecule has 0 atom stereocenters. The van der Waals surface area contributed by atoms with Gasteiger partial charge in [-0.05, 0) is 48.4 Å². The van der Waals surface area contributed by atoms with E-state index in [1.165, 1.54) is 0 Å². The molecule has 1 N–H and O–H groups in total. The molecular weight excluding hydrogens is 360 g/mol. The SMILES string of the molecule is Cc1cc(C)n(Cc2ccc(C(=O)N/N=C\c3cccc4ccccc34)cc2)n1. The largest absolute Gasteiger partial charge is 0.271 e. The van der Waals surface area contributed by atoms with Crippen molar-refractivity contribution in [3.63, 3.8) is 0 Å². The minimum Gasteiger partial charge on any atom is -0.267 e. The smallest absolute Gasteiger partial charge is 0.267 e. The quantitative estimate of drug-likeness (QED) is 0.409. The van der Waals surface area contributed by atoms with Crippen molar-refractivity contribution in [1.82, 2.24) is 15.2 Å². The van der Waals surface area contributed by atoms with E-state index in [4.69, 9.17) is 0 Å². The number of hydrogen-bond donors (Lipinski definition) is 1. The standard InChI is InChI=1S/C24H22N4O/c1-17-14-18(2)28(27-17)16-19-10-12-21(13-11-19)24(29)26-25-15-22-8-5-7-20-6-3-4-9-23(20)22/h3-15H,16H2,1-2H3,(H,26,29)/b25-15-. The maximum Gasteiger partial charge on any atom is 0.271 e.